The van der Waals surface area contributed by atoms with Crippen LogP contribution in [-0.4, -0.2) is 56.9 Å². The van der Waals surface area contributed by atoms with Gasteiger partial charge >= 0.3 is 5.97 Å². The first-order valence-corrected chi connectivity index (χ1v) is 8.99. The second-order valence-corrected chi connectivity index (χ2v) is 5.96. The number of benzene rings is 1. The van der Waals surface area contributed by atoms with E-state index >= 15 is 0 Å². The molecule has 0 atom stereocenters. The fourth-order valence-corrected chi connectivity index (χ4v) is 2.71. The van der Waals surface area contributed by atoms with Crippen LogP contribution in [0, 0.1) is 0 Å². The van der Waals surface area contributed by atoms with E-state index in [1.807, 2.05) is 12.1 Å². The minimum Gasteiger partial charge on any atom is -0.494 e. The summed E-state index contributed by atoms with van der Waals surface area (Å²) in [4.78, 5) is 14.0. The highest BCUT2D eigenvalue weighted by atomic mass is 16.5. The molecule has 0 aromatic heterocycles. The van der Waals surface area contributed by atoms with Crippen molar-refractivity contribution in [2.75, 3.05) is 46.1 Å². The molecule has 0 N–H and O–H groups in total. The van der Waals surface area contributed by atoms with E-state index in [0.717, 1.165) is 45.1 Å². The van der Waals surface area contributed by atoms with Gasteiger partial charge in [0.05, 0.1) is 32.0 Å². The fraction of sp³-hybridized carbons (Fsp3) is 0.632. The zero-order valence-corrected chi connectivity index (χ0v) is 14.7. The van der Waals surface area contributed by atoms with Gasteiger partial charge in [0.1, 0.15) is 5.75 Å². The predicted molar refractivity (Wildman–Crippen MR) is 93.6 cm³/mol. The molecule has 5 heteroatoms. The number of carbonyl (C=O) groups is 1. The van der Waals surface area contributed by atoms with Crippen molar-refractivity contribution in [1.82, 2.24) is 4.90 Å². The van der Waals surface area contributed by atoms with Crippen molar-refractivity contribution in [1.29, 1.82) is 0 Å². The minimum atomic E-state index is -0.288. The standard InChI is InChI=1S/C19H29NO4/c1-2-23-19(21)17-7-9-18(10-8-17)24-14-6-4-3-5-11-20-12-15-22-16-13-20/h7-10H,2-6,11-16H2,1H3. The highest BCUT2D eigenvalue weighted by Crippen LogP contribution is 2.14. The minimum absolute atomic E-state index is 0.288. The number of hydrogen-bond acceptors (Lipinski definition) is 5. The third kappa shape index (κ3) is 6.89. The van der Waals surface area contributed by atoms with Gasteiger partial charge < -0.3 is 14.2 Å². The van der Waals surface area contributed by atoms with Crippen LogP contribution < -0.4 is 4.74 Å². The molecule has 1 aliphatic rings. The van der Waals surface area contributed by atoms with Crippen molar-refractivity contribution in [3.8, 4) is 5.75 Å². The normalized spacial score (nSPS) is 15.2. The van der Waals surface area contributed by atoms with Crippen molar-refractivity contribution < 1.29 is 19.0 Å². The van der Waals surface area contributed by atoms with Crippen molar-refractivity contribution in [3.05, 3.63) is 29.8 Å². The van der Waals surface area contributed by atoms with Crippen LogP contribution in [0.2, 0.25) is 0 Å². The van der Waals surface area contributed by atoms with E-state index < -0.39 is 0 Å². The van der Waals surface area contributed by atoms with Crippen LogP contribution in [0.4, 0.5) is 0 Å². The van der Waals surface area contributed by atoms with Gasteiger partial charge in [0.15, 0.2) is 0 Å². The third-order valence-electron chi connectivity index (χ3n) is 4.11. The number of morpholine rings is 1. The van der Waals surface area contributed by atoms with E-state index in [-0.39, 0.29) is 5.97 Å². The molecule has 5 nitrogen and oxygen atoms in total. The van der Waals surface area contributed by atoms with E-state index in [4.69, 9.17) is 14.2 Å². The molecule has 2 rings (SSSR count). The smallest absolute Gasteiger partial charge is 0.338 e. The van der Waals surface area contributed by atoms with Crippen LogP contribution in [0.5, 0.6) is 5.75 Å². The molecule has 134 valence electrons. The molecule has 0 amide bonds. The summed E-state index contributed by atoms with van der Waals surface area (Å²) in [6, 6.07) is 7.14. The highest BCUT2D eigenvalue weighted by Gasteiger charge is 2.09. The largest absolute Gasteiger partial charge is 0.494 e. The van der Waals surface area contributed by atoms with Gasteiger partial charge in [-0.05, 0) is 50.6 Å². The number of nitrogens with zero attached hydrogens (tertiary/aromatic N) is 1. The zero-order chi connectivity index (χ0) is 17.0. The van der Waals surface area contributed by atoms with Crippen molar-refractivity contribution in [2.24, 2.45) is 0 Å². The molecule has 1 saturated heterocycles. The third-order valence-corrected chi connectivity index (χ3v) is 4.11. The van der Waals surface area contributed by atoms with Crippen molar-refractivity contribution >= 4 is 5.97 Å². The Morgan fingerprint density at radius 2 is 1.79 bits per heavy atom. The number of rotatable bonds is 10. The first-order valence-electron chi connectivity index (χ1n) is 8.99. The first-order chi connectivity index (χ1) is 11.8. The number of esters is 1. The maximum Gasteiger partial charge on any atom is 0.338 e. The van der Waals surface area contributed by atoms with E-state index in [2.05, 4.69) is 4.90 Å². The SMILES string of the molecule is CCOC(=O)c1ccc(OCCCCCCN2CCOCC2)cc1. The lowest BCUT2D eigenvalue weighted by atomic mass is 10.2. The van der Waals surface area contributed by atoms with Gasteiger partial charge in [-0.25, -0.2) is 4.79 Å². The molecule has 24 heavy (non-hydrogen) atoms. The molecule has 1 aromatic rings. The lowest BCUT2D eigenvalue weighted by molar-refractivity contribution is 0.0371. The molecule has 0 saturated carbocycles. The van der Waals surface area contributed by atoms with Gasteiger partial charge in [0, 0.05) is 13.1 Å². The van der Waals surface area contributed by atoms with Crippen LogP contribution in [-0.2, 0) is 9.47 Å². The second kappa shape index (κ2) is 11.0. The summed E-state index contributed by atoms with van der Waals surface area (Å²) in [5.41, 5.74) is 0.562. The van der Waals surface area contributed by atoms with Crippen LogP contribution in [0.1, 0.15) is 43.0 Å². The summed E-state index contributed by atoms with van der Waals surface area (Å²) >= 11 is 0. The average molecular weight is 335 g/mol. The topological polar surface area (TPSA) is 48.0 Å². The second-order valence-electron chi connectivity index (χ2n) is 5.96. The first kappa shape index (κ1) is 18.7. The molecule has 1 fully saturated rings. The summed E-state index contributed by atoms with van der Waals surface area (Å²) in [5, 5.41) is 0. The lowest BCUT2D eigenvalue weighted by Crippen LogP contribution is -2.36. The van der Waals surface area contributed by atoms with Gasteiger partial charge in [0.25, 0.3) is 0 Å². The summed E-state index contributed by atoms with van der Waals surface area (Å²) in [7, 11) is 0. The van der Waals surface area contributed by atoms with Crippen LogP contribution in [0.3, 0.4) is 0 Å². The monoisotopic (exact) mass is 335 g/mol. The van der Waals surface area contributed by atoms with Crippen molar-refractivity contribution in [2.45, 2.75) is 32.6 Å². The van der Waals surface area contributed by atoms with Gasteiger partial charge in [-0.1, -0.05) is 12.8 Å². The molecule has 0 aliphatic carbocycles. The molecule has 0 unspecified atom stereocenters. The fourth-order valence-electron chi connectivity index (χ4n) is 2.71. The maximum absolute atomic E-state index is 11.6. The van der Waals surface area contributed by atoms with Crippen molar-refractivity contribution in [3.63, 3.8) is 0 Å². The number of unbranched alkanes of at least 4 members (excludes halogenated alkanes) is 3. The average Bonchev–Trinajstić information content (AvgIpc) is 2.62. The molecule has 1 heterocycles. The number of hydrogen-bond donors (Lipinski definition) is 0. The molecule has 0 spiro atoms. The summed E-state index contributed by atoms with van der Waals surface area (Å²) in [6.07, 6.45) is 4.73. The molecular weight excluding hydrogens is 306 g/mol. The summed E-state index contributed by atoms with van der Waals surface area (Å²) in [6.45, 7) is 8.00. The molecule has 0 radical (unpaired) electrons. The Kier molecular flexibility index (Phi) is 8.63. The Morgan fingerprint density at radius 1 is 1.08 bits per heavy atom. The Bertz CT molecular complexity index is 469. The van der Waals surface area contributed by atoms with Crippen LogP contribution in [0.15, 0.2) is 24.3 Å². The maximum atomic E-state index is 11.6. The quantitative estimate of drug-likeness (QED) is 0.486. The molecule has 1 aromatic carbocycles. The highest BCUT2D eigenvalue weighted by molar-refractivity contribution is 5.89. The lowest BCUT2D eigenvalue weighted by Gasteiger charge is -2.26. The van der Waals surface area contributed by atoms with E-state index in [1.165, 1.54) is 25.8 Å². The van der Waals surface area contributed by atoms with Gasteiger partial charge in [0.2, 0.25) is 0 Å². The van der Waals surface area contributed by atoms with Gasteiger partial charge in [-0.2, -0.15) is 0 Å². The number of ether oxygens (including phenoxy) is 3. The van der Waals surface area contributed by atoms with Gasteiger partial charge in [-0.3, -0.25) is 4.90 Å². The van der Waals surface area contributed by atoms with E-state index in [9.17, 15) is 4.79 Å². The Morgan fingerprint density at radius 3 is 2.50 bits per heavy atom. The van der Waals surface area contributed by atoms with Crippen LogP contribution >= 0.6 is 0 Å². The Labute approximate surface area is 144 Å². The zero-order valence-electron chi connectivity index (χ0n) is 14.7. The molecule has 1 aliphatic heterocycles. The molecular formula is C19H29NO4. The number of carbonyl (C=O) groups excluding carboxylic acids is 1. The van der Waals surface area contributed by atoms with Crippen LogP contribution in [0.25, 0.3) is 0 Å². The van der Waals surface area contributed by atoms with E-state index in [1.54, 1.807) is 19.1 Å². The van der Waals surface area contributed by atoms with Gasteiger partial charge in [-0.15, -0.1) is 0 Å². The van der Waals surface area contributed by atoms with E-state index in [0.29, 0.717) is 12.2 Å². The summed E-state index contributed by atoms with van der Waals surface area (Å²) in [5.74, 6) is 0.515. The molecule has 0 bridgehead atoms. The Hall–Kier alpha value is -1.59. The predicted octanol–water partition coefficient (Wildman–Crippen LogP) is 3.13. The summed E-state index contributed by atoms with van der Waals surface area (Å²) < 4.78 is 16.0. The Balaban J connectivity index is 1.51.